The van der Waals surface area contributed by atoms with Crippen LogP contribution in [0.4, 0.5) is 0 Å². The highest BCUT2D eigenvalue weighted by Gasteiger charge is 2.25. The summed E-state index contributed by atoms with van der Waals surface area (Å²) in [5, 5.41) is 4.14. The average Bonchev–Trinajstić information content (AvgIpc) is 3.21. The molecule has 3 rings (SSSR count). The largest absolute Gasteiger partial charge is 0.297 e. The summed E-state index contributed by atoms with van der Waals surface area (Å²) in [6.07, 6.45) is 5.48. The number of rotatable bonds is 7. The summed E-state index contributed by atoms with van der Waals surface area (Å²) < 4.78 is 28.9. The SMILES string of the molecule is O=S(=O)(NCCN1CCCC1Cn1cncn1)c1ccccc1. The Morgan fingerprint density at radius 1 is 1.26 bits per heavy atom. The fourth-order valence-electron chi connectivity index (χ4n) is 2.95. The molecule has 23 heavy (non-hydrogen) atoms. The van der Waals surface area contributed by atoms with Gasteiger partial charge in [0.05, 0.1) is 11.4 Å². The van der Waals surface area contributed by atoms with E-state index >= 15 is 0 Å². The first-order valence-electron chi connectivity index (χ1n) is 7.76. The molecule has 1 aromatic heterocycles. The van der Waals surface area contributed by atoms with E-state index in [1.807, 2.05) is 4.68 Å². The molecule has 0 aliphatic carbocycles. The van der Waals surface area contributed by atoms with Crippen LogP contribution in [0.1, 0.15) is 12.8 Å². The Balaban J connectivity index is 1.52. The van der Waals surface area contributed by atoms with Gasteiger partial charge in [-0.25, -0.2) is 18.1 Å². The molecule has 2 aromatic rings. The molecule has 8 heteroatoms. The molecule has 1 aliphatic heterocycles. The molecule has 1 aliphatic rings. The lowest BCUT2D eigenvalue weighted by Gasteiger charge is -2.24. The lowest BCUT2D eigenvalue weighted by molar-refractivity contribution is 0.231. The van der Waals surface area contributed by atoms with Gasteiger partial charge < -0.3 is 0 Å². The molecule has 1 unspecified atom stereocenters. The van der Waals surface area contributed by atoms with Gasteiger partial charge in [-0.1, -0.05) is 18.2 Å². The Kier molecular flexibility index (Phi) is 5.04. The lowest BCUT2D eigenvalue weighted by atomic mass is 10.2. The topological polar surface area (TPSA) is 80.1 Å². The van der Waals surface area contributed by atoms with Crippen molar-refractivity contribution in [2.24, 2.45) is 0 Å². The van der Waals surface area contributed by atoms with E-state index in [1.54, 1.807) is 36.7 Å². The Labute approximate surface area is 136 Å². The highest BCUT2D eigenvalue weighted by atomic mass is 32.2. The predicted molar refractivity (Wildman–Crippen MR) is 86.2 cm³/mol. The quantitative estimate of drug-likeness (QED) is 0.806. The second-order valence-corrected chi connectivity index (χ2v) is 7.43. The van der Waals surface area contributed by atoms with Gasteiger partial charge in [0.1, 0.15) is 12.7 Å². The third-order valence-corrected chi connectivity index (χ3v) is 5.58. The molecule has 124 valence electrons. The van der Waals surface area contributed by atoms with Gasteiger partial charge in [-0.2, -0.15) is 5.10 Å². The first-order chi connectivity index (χ1) is 11.1. The number of sulfonamides is 1. The fourth-order valence-corrected chi connectivity index (χ4v) is 3.99. The van der Waals surface area contributed by atoms with Crippen LogP contribution in [0.15, 0.2) is 47.9 Å². The number of hydrogen-bond acceptors (Lipinski definition) is 5. The van der Waals surface area contributed by atoms with Crippen LogP contribution in [0.2, 0.25) is 0 Å². The number of likely N-dealkylation sites (tertiary alicyclic amines) is 1. The van der Waals surface area contributed by atoms with Gasteiger partial charge in [0.25, 0.3) is 0 Å². The van der Waals surface area contributed by atoms with Crippen molar-refractivity contribution in [2.75, 3.05) is 19.6 Å². The van der Waals surface area contributed by atoms with Crippen LogP contribution < -0.4 is 4.72 Å². The predicted octanol–water partition coefficient (Wildman–Crippen LogP) is 0.721. The zero-order valence-corrected chi connectivity index (χ0v) is 13.7. The summed E-state index contributed by atoms with van der Waals surface area (Å²) in [5.41, 5.74) is 0. The van der Waals surface area contributed by atoms with E-state index in [0.717, 1.165) is 25.9 Å². The van der Waals surface area contributed by atoms with E-state index < -0.39 is 10.0 Å². The molecule has 0 spiro atoms. The van der Waals surface area contributed by atoms with Gasteiger partial charge in [-0.05, 0) is 31.5 Å². The molecule has 1 saturated heterocycles. The monoisotopic (exact) mass is 335 g/mol. The van der Waals surface area contributed by atoms with Crippen LogP contribution in [-0.2, 0) is 16.6 Å². The molecule has 1 atom stereocenters. The van der Waals surface area contributed by atoms with Gasteiger partial charge in [-0.15, -0.1) is 0 Å². The van der Waals surface area contributed by atoms with Crippen molar-refractivity contribution in [3.8, 4) is 0 Å². The van der Waals surface area contributed by atoms with Crippen LogP contribution in [0.3, 0.4) is 0 Å². The standard InChI is InChI=1S/C15H21N5O2S/c21-23(22,15-6-2-1-3-7-15)18-8-10-19-9-4-5-14(19)11-20-13-16-12-17-20/h1-3,6-7,12-14,18H,4-5,8-11H2. The molecular weight excluding hydrogens is 314 g/mol. The van der Waals surface area contributed by atoms with Crippen molar-refractivity contribution < 1.29 is 8.42 Å². The van der Waals surface area contributed by atoms with Crippen LogP contribution in [-0.4, -0.2) is 53.8 Å². The number of hydrogen-bond donors (Lipinski definition) is 1. The van der Waals surface area contributed by atoms with Crippen LogP contribution in [0, 0.1) is 0 Å². The maximum atomic E-state index is 12.2. The maximum Gasteiger partial charge on any atom is 0.240 e. The molecule has 1 N–H and O–H groups in total. The third kappa shape index (κ3) is 4.15. The Morgan fingerprint density at radius 2 is 2.09 bits per heavy atom. The molecule has 0 amide bonds. The minimum Gasteiger partial charge on any atom is -0.297 e. The number of aromatic nitrogens is 3. The smallest absolute Gasteiger partial charge is 0.240 e. The second-order valence-electron chi connectivity index (χ2n) is 5.66. The summed E-state index contributed by atoms with van der Waals surface area (Å²) in [6, 6.07) is 8.85. The summed E-state index contributed by atoms with van der Waals surface area (Å²) in [6.45, 7) is 2.90. The Morgan fingerprint density at radius 3 is 2.83 bits per heavy atom. The third-order valence-electron chi connectivity index (χ3n) is 4.11. The molecule has 0 radical (unpaired) electrons. The van der Waals surface area contributed by atoms with Crippen molar-refractivity contribution in [1.82, 2.24) is 24.4 Å². The van der Waals surface area contributed by atoms with Crippen molar-refractivity contribution in [3.05, 3.63) is 43.0 Å². The van der Waals surface area contributed by atoms with Crippen molar-refractivity contribution >= 4 is 10.0 Å². The van der Waals surface area contributed by atoms with E-state index in [1.165, 1.54) is 6.33 Å². The summed E-state index contributed by atoms with van der Waals surface area (Å²) in [7, 11) is -3.42. The highest BCUT2D eigenvalue weighted by Crippen LogP contribution is 2.18. The maximum absolute atomic E-state index is 12.2. The van der Waals surface area contributed by atoms with E-state index in [9.17, 15) is 8.42 Å². The van der Waals surface area contributed by atoms with Crippen molar-refractivity contribution in [3.63, 3.8) is 0 Å². The Hall–Kier alpha value is -1.77. The van der Waals surface area contributed by atoms with E-state index in [4.69, 9.17) is 0 Å². The molecule has 7 nitrogen and oxygen atoms in total. The van der Waals surface area contributed by atoms with Crippen LogP contribution in [0.25, 0.3) is 0 Å². The first-order valence-corrected chi connectivity index (χ1v) is 9.25. The average molecular weight is 335 g/mol. The molecule has 1 aromatic carbocycles. The normalized spacial score (nSPS) is 19.2. The van der Waals surface area contributed by atoms with Gasteiger partial charge in [-0.3, -0.25) is 9.58 Å². The number of nitrogens with zero attached hydrogens (tertiary/aromatic N) is 4. The minimum atomic E-state index is -3.42. The van der Waals surface area contributed by atoms with Crippen molar-refractivity contribution in [1.29, 1.82) is 0 Å². The van der Waals surface area contributed by atoms with E-state index in [2.05, 4.69) is 19.7 Å². The molecule has 0 bridgehead atoms. The Bertz CT molecular complexity index is 703. The first kappa shape index (κ1) is 16.1. The zero-order valence-electron chi connectivity index (χ0n) is 12.9. The molecule has 0 saturated carbocycles. The number of nitrogens with one attached hydrogen (secondary N) is 1. The minimum absolute atomic E-state index is 0.306. The summed E-state index contributed by atoms with van der Waals surface area (Å²) >= 11 is 0. The van der Waals surface area contributed by atoms with E-state index in [-0.39, 0.29) is 0 Å². The van der Waals surface area contributed by atoms with Crippen LogP contribution >= 0.6 is 0 Å². The van der Waals surface area contributed by atoms with Gasteiger partial charge in [0.15, 0.2) is 0 Å². The van der Waals surface area contributed by atoms with Crippen LogP contribution in [0.5, 0.6) is 0 Å². The van der Waals surface area contributed by atoms with Crippen molar-refractivity contribution in [2.45, 2.75) is 30.3 Å². The second kappa shape index (κ2) is 7.20. The van der Waals surface area contributed by atoms with Gasteiger partial charge in [0.2, 0.25) is 10.0 Å². The molecular formula is C15H21N5O2S. The lowest BCUT2D eigenvalue weighted by Crippen LogP contribution is -2.39. The molecule has 1 fully saturated rings. The fraction of sp³-hybridized carbons (Fsp3) is 0.467. The summed E-state index contributed by atoms with van der Waals surface area (Å²) in [4.78, 5) is 6.58. The molecule has 2 heterocycles. The van der Waals surface area contributed by atoms with Gasteiger partial charge >= 0.3 is 0 Å². The number of benzene rings is 1. The van der Waals surface area contributed by atoms with E-state index in [0.29, 0.717) is 24.0 Å². The highest BCUT2D eigenvalue weighted by molar-refractivity contribution is 7.89. The zero-order chi connectivity index (χ0) is 16.1. The summed E-state index contributed by atoms with van der Waals surface area (Å²) in [5.74, 6) is 0. The van der Waals surface area contributed by atoms with Gasteiger partial charge in [0, 0.05) is 19.1 Å².